The second-order valence-corrected chi connectivity index (χ2v) is 6.90. The Hall–Kier alpha value is -2.73. The Labute approximate surface area is 153 Å². The Kier molecular flexibility index (Phi) is 5.04. The number of hydrogen-bond acceptors (Lipinski definition) is 4. The first-order valence-electron chi connectivity index (χ1n) is 8.87. The van der Waals surface area contributed by atoms with Gasteiger partial charge in [-0.15, -0.1) is 0 Å². The number of nitrogens with zero attached hydrogens (tertiary/aromatic N) is 3. The van der Waals surface area contributed by atoms with Crippen molar-refractivity contribution in [3.05, 3.63) is 47.7 Å². The molecule has 6 heteroatoms. The monoisotopic (exact) mass is 351 g/mol. The predicted octanol–water partition coefficient (Wildman–Crippen LogP) is 3.06. The lowest BCUT2D eigenvalue weighted by atomic mass is 10.0. The van der Waals surface area contributed by atoms with E-state index in [0.29, 0.717) is 17.8 Å². The van der Waals surface area contributed by atoms with Crippen LogP contribution in [0.1, 0.15) is 42.7 Å². The summed E-state index contributed by atoms with van der Waals surface area (Å²) in [5.74, 6) is -0.159. The fraction of sp³-hybridized carbons (Fsp3) is 0.350. The number of amides is 1. The molecule has 0 fully saturated rings. The maximum Gasteiger partial charge on any atom is 0.252 e. The van der Waals surface area contributed by atoms with Crippen molar-refractivity contribution in [1.82, 2.24) is 20.1 Å². The SMILES string of the molecule is Cc1ccccc1-c1cc(C(=O)N[C@@H](C)CN)c2cnn(C(C)C)c2n1. The van der Waals surface area contributed by atoms with E-state index in [4.69, 9.17) is 10.7 Å². The quantitative estimate of drug-likeness (QED) is 0.740. The number of hydrogen-bond donors (Lipinski definition) is 2. The number of aryl methyl sites for hydroxylation is 1. The number of aromatic nitrogens is 3. The van der Waals surface area contributed by atoms with Gasteiger partial charge in [0.15, 0.2) is 5.65 Å². The molecule has 26 heavy (non-hydrogen) atoms. The number of rotatable bonds is 5. The molecule has 0 unspecified atom stereocenters. The van der Waals surface area contributed by atoms with Crippen LogP contribution in [0.2, 0.25) is 0 Å². The van der Waals surface area contributed by atoms with E-state index < -0.39 is 0 Å². The number of nitrogens with two attached hydrogens (primary N) is 1. The highest BCUT2D eigenvalue weighted by molar-refractivity contribution is 6.06. The Morgan fingerprint density at radius 1 is 1.27 bits per heavy atom. The van der Waals surface area contributed by atoms with Gasteiger partial charge in [-0.3, -0.25) is 4.79 Å². The van der Waals surface area contributed by atoms with Crippen molar-refractivity contribution in [2.45, 2.75) is 39.8 Å². The van der Waals surface area contributed by atoms with Crippen molar-refractivity contribution in [2.24, 2.45) is 5.73 Å². The van der Waals surface area contributed by atoms with Crippen LogP contribution in [0.15, 0.2) is 36.5 Å². The van der Waals surface area contributed by atoms with Crippen LogP contribution in [0.3, 0.4) is 0 Å². The van der Waals surface area contributed by atoms with Crippen LogP contribution in [-0.2, 0) is 0 Å². The van der Waals surface area contributed by atoms with E-state index in [-0.39, 0.29) is 18.0 Å². The molecule has 1 atom stereocenters. The van der Waals surface area contributed by atoms with Gasteiger partial charge in [0.25, 0.3) is 5.91 Å². The molecule has 6 nitrogen and oxygen atoms in total. The highest BCUT2D eigenvalue weighted by atomic mass is 16.1. The number of carbonyl (C=O) groups excluding carboxylic acids is 1. The first-order chi connectivity index (χ1) is 12.4. The first-order valence-corrected chi connectivity index (χ1v) is 8.87. The van der Waals surface area contributed by atoms with Crippen molar-refractivity contribution in [3.63, 3.8) is 0 Å². The van der Waals surface area contributed by atoms with Crippen molar-refractivity contribution >= 4 is 16.9 Å². The second kappa shape index (κ2) is 7.25. The molecule has 0 radical (unpaired) electrons. The van der Waals surface area contributed by atoms with Gasteiger partial charge in [-0.1, -0.05) is 24.3 Å². The van der Waals surface area contributed by atoms with Crippen LogP contribution in [0, 0.1) is 6.92 Å². The van der Waals surface area contributed by atoms with Crippen LogP contribution in [0.4, 0.5) is 0 Å². The summed E-state index contributed by atoms with van der Waals surface area (Å²) in [7, 11) is 0. The first kappa shape index (κ1) is 18.1. The molecule has 0 saturated carbocycles. The van der Waals surface area contributed by atoms with Gasteiger partial charge >= 0.3 is 0 Å². The molecule has 0 bridgehead atoms. The van der Waals surface area contributed by atoms with E-state index in [0.717, 1.165) is 22.2 Å². The van der Waals surface area contributed by atoms with Gasteiger partial charge < -0.3 is 11.1 Å². The van der Waals surface area contributed by atoms with Crippen molar-refractivity contribution in [2.75, 3.05) is 6.54 Å². The molecule has 2 aromatic heterocycles. The highest BCUT2D eigenvalue weighted by Gasteiger charge is 2.19. The van der Waals surface area contributed by atoms with Crippen LogP contribution in [0.5, 0.6) is 0 Å². The van der Waals surface area contributed by atoms with E-state index >= 15 is 0 Å². The maximum atomic E-state index is 12.8. The molecular weight excluding hydrogens is 326 g/mol. The fourth-order valence-corrected chi connectivity index (χ4v) is 2.94. The lowest BCUT2D eigenvalue weighted by Crippen LogP contribution is -2.37. The fourth-order valence-electron chi connectivity index (χ4n) is 2.94. The topological polar surface area (TPSA) is 85.8 Å². The zero-order valence-corrected chi connectivity index (χ0v) is 15.7. The lowest BCUT2D eigenvalue weighted by Gasteiger charge is -2.14. The number of carbonyl (C=O) groups is 1. The molecule has 0 spiro atoms. The van der Waals surface area contributed by atoms with Crippen molar-refractivity contribution in [3.8, 4) is 11.3 Å². The molecule has 0 saturated heterocycles. The van der Waals surface area contributed by atoms with Crippen LogP contribution >= 0.6 is 0 Å². The highest BCUT2D eigenvalue weighted by Crippen LogP contribution is 2.28. The Bertz CT molecular complexity index is 945. The maximum absolute atomic E-state index is 12.8. The van der Waals surface area contributed by atoms with Gasteiger partial charge in [-0.2, -0.15) is 5.10 Å². The van der Waals surface area contributed by atoms with E-state index in [1.807, 2.05) is 62.7 Å². The van der Waals surface area contributed by atoms with E-state index in [1.54, 1.807) is 6.20 Å². The largest absolute Gasteiger partial charge is 0.348 e. The van der Waals surface area contributed by atoms with Crippen molar-refractivity contribution in [1.29, 1.82) is 0 Å². The van der Waals surface area contributed by atoms with Gasteiger partial charge in [0, 0.05) is 24.2 Å². The summed E-state index contributed by atoms with van der Waals surface area (Å²) < 4.78 is 1.85. The molecule has 0 aliphatic heterocycles. The number of pyridine rings is 1. The van der Waals surface area contributed by atoms with Gasteiger partial charge in [0.05, 0.1) is 22.8 Å². The lowest BCUT2D eigenvalue weighted by molar-refractivity contribution is 0.0943. The van der Waals surface area contributed by atoms with Gasteiger partial charge in [-0.25, -0.2) is 9.67 Å². The third kappa shape index (κ3) is 3.32. The molecule has 2 heterocycles. The summed E-state index contributed by atoms with van der Waals surface area (Å²) >= 11 is 0. The average Bonchev–Trinajstić information content (AvgIpc) is 3.05. The summed E-state index contributed by atoms with van der Waals surface area (Å²) in [4.78, 5) is 17.7. The summed E-state index contributed by atoms with van der Waals surface area (Å²) in [6.45, 7) is 8.40. The molecule has 1 amide bonds. The Morgan fingerprint density at radius 2 is 2.00 bits per heavy atom. The molecular formula is C20H25N5O. The van der Waals surface area contributed by atoms with E-state index in [1.165, 1.54) is 0 Å². The number of nitrogens with one attached hydrogen (secondary N) is 1. The van der Waals surface area contributed by atoms with Crippen LogP contribution < -0.4 is 11.1 Å². The molecule has 3 N–H and O–H groups in total. The van der Waals surface area contributed by atoms with E-state index in [9.17, 15) is 4.79 Å². The summed E-state index contributed by atoms with van der Waals surface area (Å²) in [5.41, 5.74) is 9.82. The van der Waals surface area contributed by atoms with E-state index in [2.05, 4.69) is 10.4 Å². The molecule has 3 aromatic rings. The standard InChI is InChI=1S/C20H25N5O/c1-12(2)25-19-17(11-22-25)16(20(26)23-14(4)10-21)9-18(24-19)15-8-6-5-7-13(15)3/h5-9,11-12,14H,10,21H2,1-4H3,(H,23,26)/t14-/m0/s1. The summed E-state index contributed by atoms with van der Waals surface area (Å²) in [5, 5.41) is 8.13. The third-order valence-electron chi connectivity index (χ3n) is 4.45. The summed E-state index contributed by atoms with van der Waals surface area (Å²) in [6.07, 6.45) is 1.71. The van der Waals surface area contributed by atoms with Crippen LogP contribution in [-0.4, -0.2) is 33.3 Å². The average molecular weight is 351 g/mol. The molecule has 0 aliphatic rings. The zero-order chi connectivity index (χ0) is 18.8. The Morgan fingerprint density at radius 3 is 2.65 bits per heavy atom. The predicted molar refractivity (Wildman–Crippen MR) is 104 cm³/mol. The normalized spacial score (nSPS) is 12.5. The number of benzene rings is 1. The van der Waals surface area contributed by atoms with Gasteiger partial charge in [-0.05, 0) is 39.3 Å². The number of fused-ring (bicyclic) bond motifs is 1. The third-order valence-corrected chi connectivity index (χ3v) is 4.45. The van der Waals surface area contributed by atoms with Crippen molar-refractivity contribution < 1.29 is 4.79 Å². The minimum Gasteiger partial charge on any atom is -0.348 e. The summed E-state index contributed by atoms with van der Waals surface area (Å²) in [6, 6.07) is 9.91. The smallest absolute Gasteiger partial charge is 0.252 e. The molecule has 136 valence electrons. The molecule has 3 rings (SSSR count). The van der Waals surface area contributed by atoms with Gasteiger partial charge in [0.2, 0.25) is 0 Å². The van der Waals surface area contributed by atoms with Crippen LogP contribution in [0.25, 0.3) is 22.3 Å². The zero-order valence-electron chi connectivity index (χ0n) is 15.7. The van der Waals surface area contributed by atoms with Gasteiger partial charge in [0.1, 0.15) is 0 Å². The molecule has 1 aromatic carbocycles. The second-order valence-electron chi connectivity index (χ2n) is 6.90. The minimum absolute atomic E-state index is 0.104. The Balaban J connectivity index is 2.22. The minimum atomic E-state index is -0.159. The molecule has 0 aliphatic carbocycles.